The number of imide groups is 1. The van der Waals surface area contributed by atoms with E-state index < -0.39 is 23.8 Å². The second-order valence-corrected chi connectivity index (χ2v) is 5.74. The molecule has 25 heavy (non-hydrogen) atoms. The van der Waals surface area contributed by atoms with Crippen molar-refractivity contribution in [3.8, 4) is 0 Å². The molecule has 6 heteroatoms. The maximum absolute atomic E-state index is 12.7. The van der Waals surface area contributed by atoms with Gasteiger partial charge in [-0.2, -0.15) is 0 Å². The van der Waals surface area contributed by atoms with Crippen molar-refractivity contribution < 1.29 is 19.1 Å². The Morgan fingerprint density at radius 2 is 1.60 bits per heavy atom. The van der Waals surface area contributed by atoms with Crippen LogP contribution in [0.3, 0.4) is 0 Å². The average molecular weight is 338 g/mol. The number of fused-ring (bicyclic) bond motifs is 1. The van der Waals surface area contributed by atoms with Crippen LogP contribution in [0.1, 0.15) is 33.2 Å². The van der Waals surface area contributed by atoms with Gasteiger partial charge in [0.1, 0.15) is 6.04 Å². The van der Waals surface area contributed by atoms with Crippen molar-refractivity contribution in [1.29, 1.82) is 0 Å². The van der Waals surface area contributed by atoms with E-state index in [1.165, 1.54) is 0 Å². The van der Waals surface area contributed by atoms with Gasteiger partial charge in [0.2, 0.25) is 0 Å². The molecule has 3 rings (SSSR count). The van der Waals surface area contributed by atoms with Gasteiger partial charge in [0, 0.05) is 12.1 Å². The van der Waals surface area contributed by atoms with E-state index in [1.54, 1.807) is 55.5 Å². The van der Waals surface area contributed by atoms with Crippen LogP contribution in [0.5, 0.6) is 0 Å². The van der Waals surface area contributed by atoms with Crippen LogP contribution < -0.4 is 5.73 Å². The molecule has 1 heterocycles. The molecule has 0 unspecified atom stereocenters. The fraction of sp³-hybridized carbons (Fsp3) is 0.211. The quantitative estimate of drug-likeness (QED) is 0.512. The van der Waals surface area contributed by atoms with Crippen LogP contribution in [0.25, 0.3) is 0 Å². The van der Waals surface area contributed by atoms with E-state index in [0.29, 0.717) is 16.8 Å². The van der Waals surface area contributed by atoms with Gasteiger partial charge in [-0.15, -0.1) is 0 Å². The van der Waals surface area contributed by atoms with Crippen LogP contribution >= 0.6 is 0 Å². The van der Waals surface area contributed by atoms with E-state index in [4.69, 9.17) is 10.5 Å². The van der Waals surface area contributed by atoms with Crippen molar-refractivity contribution >= 4 is 23.5 Å². The molecule has 1 atom stereocenters. The topological polar surface area (TPSA) is 89.7 Å². The Hall–Kier alpha value is -3.15. The minimum Gasteiger partial charge on any atom is -0.464 e. The number of nitrogens with two attached hydrogens (primary N) is 1. The molecule has 6 nitrogen and oxygen atoms in total. The lowest BCUT2D eigenvalue weighted by molar-refractivity contribution is -0.147. The first-order chi connectivity index (χ1) is 12.0. The summed E-state index contributed by atoms with van der Waals surface area (Å²) in [4.78, 5) is 38.8. The number of ether oxygens (including phenoxy) is 1. The molecule has 0 bridgehead atoms. The molecule has 0 aromatic heterocycles. The monoisotopic (exact) mass is 338 g/mol. The molecule has 0 saturated carbocycles. The van der Waals surface area contributed by atoms with E-state index in [2.05, 4.69) is 0 Å². The Labute approximate surface area is 145 Å². The summed E-state index contributed by atoms with van der Waals surface area (Å²) < 4.78 is 5.10. The van der Waals surface area contributed by atoms with E-state index in [1.807, 2.05) is 0 Å². The Bertz CT molecular complexity index is 795. The SMILES string of the molecule is CCOC(=O)[C@H](Cc1ccc(N)cc1)N1C(=O)c2ccccc2C1=O. The van der Waals surface area contributed by atoms with Crippen LogP contribution in [0.15, 0.2) is 48.5 Å². The summed E-state index contributed by atoms with van der Waals surface area (Å²) in [5.41, 5.74) is 7.66. The normalized spacial score (nSPS) is 14.4. The highest BCUT2D eigenvalue weighted by molar-refractivity contribution is 6.22. The summed E-state index contributed by atoms with van der Waals surface area (Å²) in [7, 11) is 0. The van der Waals surface area contributed by atoms with Gasteiger partial charge in [-0.3, -0.25) is 14.5 Å². The van der Waals surface area contributed by atoms with Crippen LogP contribution in [-0.4, -0.2) is 35.3 Å². The molecule has 0 spiro atoms. The highest BCUT2D eigenvalue weighted by atomic mass is 16.5. The predicted octanol–water partition coefficient (Wildman–Crippen LogP) is 2.04. The van der Waals surface area contributed by atoms with E-state index >= 15 is 0 Å². The van der Waals surface area contributed by atoms with Crippen molar-refractivity contribution in [1.82, 2.24) is 4.90 Å². The molecule has 2 aromatic rings. The summed E-state index contributed by atoms with van der Waals surface area (Å²) >= 11 is 0. The molecule has 128 valence electrons. The van der Waals surface area contributed by atoms with Crippen LogP contribution in [0.2, 0.25) is 0 Å². The second kappa shape index (κ2) is 6.76. The summed E-state index contributed by atoms with van der Waals surface area (Å²) in [6.45, 7) is 1.85. The van der Waals surface area contributed by atoms with Gasteiger partial charge >= 0.3 is 5.97 Å². The third-order valence-corrected chi connectivity index (χ3v) is 4.10. The zero-order chi connectivity index (χ0) is 18.0. The highest BCUT2D eigenvalue weighted by Crippen LogP contribution is 2.26. The van der Waals surface area contributed by atoms with E-state index in [0.717, 1.165) is 10.5 Å². The Morgan fingerprint density at radius 3 is 2.12 bits per heavy atom. The van der Waals surface area contributed by atoms with Crippen molar-refractivity contribution in [2.24, 2.45) is 0 Å². The fourth-order valence-corrected chi connectivity index (χ4v) is 2.89. The Morgan fingerprint density at radius 1 is 1.04 bits per heavy atom. The number of carbonyl (C=O) groups excluding carboxylic acids is 3. The number of nitrogen functional groups attached to an aromatic ring is 1. The molecule has 0 fully saturated rings. The van der Waals surface area contributed by atoms with Gasteiger partial charge in [0.25, 0.3) is 11.8 Å². The third kappa shape index (κ3) is 3.10. The summed E-state index contributed by atoms with van der Waals surface area (Å²) in [6.07, 6.45) is 0.171. The molecular weight excluding hydrogens is 320 g/mol. The standard InChI is InChI=1S/C19H18N2O4/c1-2-25-19(24)16(11-12-7-9-13(20)10-8-12)21-17(22)14-5-3-4-6-15(14)18(21)23/h3-10,16H,2,11,20H2,1H3/t16-/m0/s1. The van der Waals surface area contributed by atoms with Gasteiger partial charge in [-0.05, 0) is 36.8 Å². The first-order valence-corrected chi connectivity index (χ1v) is 8.01. The lowest BCUT2D eigenvalue weighted by atomic mass is 10.0. The Balaban J connectivity index is 1.95. The first kappa shape index (κ1) is 16.7. The molecule has 2 amide bonds. The molecule has 0 radical (unpaired) electrons. The maximum Gasteiger partial charge on any atom is 0.329 e. The zero-order valence-electron chi connectivity index (χ0n) is 13.8. The largest absolute Gasteiger partial charge is 0.464 e. The van der Waals surface area contributed by atoms with Gasteiger partial charge in [0.15, 0.2) is 0 Å². The second-order valence-electron chi connectivity index (χ2n) is 5.74. The third-order valence-electron chi connectivity index (χ3n) is 4.10. The predicted molar refractivity (Wildman–Crippen MR) is 91.9 cm³/mol. The summed E-state index contributed by atoms with van der Waals surface area (Å²) in [5, 5.41) is 0. The van der Waals surface area contributed by atoms with E-state index in [9.17, 15) is 14.4 Å². The van der Waals surface area contributed by atoms with Gasteiger partial charge in [0.05, 0.1) is 17.7 Å². The summed E-state index contributed by atoms with van der Waals surface area (Å²) in [5.74, 6) is -1.56. The number of benzene rings is 2. The molecular formula is C19H18N2O4. The number of anilines is 1. The van der Waals surface area contributed by atoms with Crippen LogP contribution in [-0.2, 0) is 16.0 Å². The van der Waals surface area contributed by atoms with Gasteiger partial charge in [-0.25, -0.2) is 4.79 Å². The maximum atomic E-state index is 12.7. The number of amides is 2. The first-order valence-electron chi connectivity index (χ1n) is 8.01. The average Bonchev–Trinajstić information content (AvgIpc) is 2.86. The zero-order valence-corrected chi connectivity index (χ0v) is 13.8. The van der Waals surface area contributed by atoms with Crippen molar-refractivity contribution in [3.05, 3.63) is 65.2 Å². The summed E-state index contributed by atoms with van der Waals surface area (Å²) in [6, 6.07) is 12.5. The minimum absolute atomic E-state index is 0.167. The van der Waals surface area contributed by atoms with Crippen molar-refractivity contribution in [2.75, 3.05) is 12.3 Å². The molecule has 1 aliphatic heterocycles. The fourth-order valence-electron chi connectivity index (χ4n) is 2.89. The molecule has 1 aliphatic rings. The van der Waals surface area contributed by atoms with Gasteiger partial charge < -0.3 is 10.5 Å². The highest BCUT2D eigenvalue weighted by Gasteiger charge is 2.43. The number of nitrogens with zero attached hydrogens (tertiary/aromatic N) is 1. The lowest BCUT2D eigenvalue weighted by Gasteiger charge is -2.24. The van der Waals surface area contributed by atoms with Crippen LogP contribution in [0, 0.1) is 0 Å². The lowest BCUT2D eigenvalue weighted by Crippen LogP contribution is -2.47. The molecule has 2 aromatic carbocycles. The Kier molecular flexibility index (Phi) is 4.52. The smallest absolute Gasteiger partial charge is 0.329 e. The number of rotatable bonds is 5. The van der Waals surface area contributed by atoms with Gasteiger partial charge in [-0.1, -0.05) is 24.3 Å². The van der Waals surface area contributed by atoms with Crippen molar-refractivity contribution in [2.45, 2.75) is 19.4 Å². The van der Waals surface area contributed by atoms with E-state index in [-0.39, 0.29) is 13.0 Å². The van der Waals surface area contributed by atoms with Crippen molar-refractivity contribution in [3.63, 3.8) is 0 Å². The van der Waals surface area contributed by atoms with Crippen LogP contribution in [0.4, 0.5) is 5.69 Å². The number of esters is 1. The number of hydrogen-bond donors (Lipinski definition) is 1. The molecule has 0 saturated heterocycles. The number of carbonyl (C=O) groups is 3. The minimum atomic E-state index is -1.02. The number of hydrogen-bond acceptors (Lipinski definition) is 5. The molecule has 0 aliphatic carbocycles. The molecule has 2 N–H and O–H groups in total.